The van der Waals surface area contributed by atoms with Gasteiger partial charge < -0.3 is 15.4 Å². The molecule has 0 bridgehead atoms. The van der Waals surface area contributed by atoms with E-state index in [1.54, 1.807) is 0 Å². The van der Waals surface area contributed by atoms with Crippen LogP contribution in [0.2, 0.25) is 5.02 Å². The molecule has 132 valence electrons. The number of benzene rings is 2. The number of rotatable bonds is 2. The first-order chi connectivity index (χ1) is 11.7. The summed E-state index contributed by atoms with van der Waals surface area (Å²) < 4.78 is 6.14. The van der Waals surface area contributed by atoms with Crippen LogP contribution in [0.25, 0.3) is 0 Å². The number of nitrogens with one attached hydrogen (secondary N) is 2. The Morgan fingerprint density at radius 2 is 1.96 bits per heavy atom. The molecule has 0 amide bonds. The third kappa shape index (κ3) is 4.25. The van der Waals surface area contributed by atoms with Crippen molar-refractivity contribution < 1.29 is 4.74 Å². The van der Waals surface area contributed by atoms with Crippen LogP contribution in [-0.4, -0.2) is 10.7 Å². The molecular formula is C20H23ClN2OS. The Kier molecular flexibility index (Phi) is 4.94. The van der Waals surface area contributed by atoms with Crippen molar-refractivity contribution in [1.29, 1.82) is 0 Å². The summed E-state index contributed by atoms with van der Waals surface area (Å²) in [5, 5.41) is 7.95. The molecule has 3 rings (SSSR count). The highest BCUT2D eigenvalue weighted by atomic mass is 35.5. The molecule has 0 aromatic heterocycles. The third-order valence-electron chi connectivity index (χ3n) is 4.36. The summed E-state index contributed by atoms with van der Waals surface area (Å²) in [5.74, 6) is 0.926. The molecule has 0 spiro atoms. The van der Waals surface area contributed by atoms with Gasteiger partial charge >= 0.3 is 0 Å². The molecule has 0 saturated heterocycles. The minimum Gasteiger partial charge on any atom is -0.487 e. The average molecular weight is 375 g/mol. The number of thiocarbonyl (C=S) groups is 1. The molecule has 2 aromatic carbocycles. The van der Waals surface area contributed by atoms with Crippen molar-refractivity contribution in [2.24, 2.45) is 0 Å². The van der Waals surface area contributed by atoms with Gasteiger partial charge in [-0.3, -0.25) is 0 Å². The van der Waals surface area contributed by atoms with Crippen LogP contribution in [-0.2, 0) is 0 Å². The lowest BCUT2D eigenvalue weighted by molar-refractivity contribution is 0.0696. The first-order valence-electron chi connectivity index (χ1n) is 8.37. The maximum Gasteiger partial charge on any atom is 0.171 e. The summed E-state index contributed by atoms with van der Waals surface area (Å²) in [6, 6.07) is 12.2. The number of anilines is 1. The van der Waals surface area contributed by atoms with E-state index in [1.807, 2.05) is 25.1 Å². The summed E-state index contributed by atoms with van der Waals surface area (Å²) in [7, 11) is 0. The lowest BCUT2D eigenvalue weighted by Gasteiger charge is -2.38. The number of hydrogen-bond acceptors (Lipinski definition) is 2. The zero-order valence-electron chi connectivity index (χ0n) is 14.9. The van der Waals surface area contributed by atoms with Gasteiger partial charge in [0.25, 0.3) is 0 Å². The lowest BCUT2D eigenvalue weighted by Crippen LogP contribution is -2.42. The van der Waals surface area contributed by atoms with E-state index in [1.165, 1.54) is 5.56 Å². The second-order valence-electron chi connectivity index (χ2n) is 7.22. The van der Waals surface area contributed by atoms with Gasteiger partial charge in [0, 0.05) is 22.7 Å². The van der Waals surface area contributed by atoms with Crippen LogP contribution in [0.3, 0.4) is 0 Å². The normalized spacial score (nSPS) is 18.0. The molecule has 1 atom stereocenters. The Bertz CT molecular complexity index is 819. The first-order valence-corrected chi connectivity index (χ1v) is 9.15. The van der Waals surface area contributed by atoms with Gasteiger partial charge in [0.15, 0.2) is 5.11 Å². The van der Waals surface area contributed by atoms with Gasteiger partial charge in [-0.25, -0.2) is 0 Å². The van der Waals surface area contributed by atoms with Crippen molar-refractivity contribution in [3.05, 3.63) is 58.1 Å². The molecule has 2 N–H and O–H groups in total. The molecule has 1 heterocycles. The SMILES string of the molecule is Cc1ccc2c(c1)OC(C)(C)C[C@H]2NC(=S)Nc1ccc(C)c(Cl)c1. The highest BCUT2D eigenvalue weighted by Crippen LogP contribution is 2.39. The molecule has 0 fully saturated rings. The molecule has 0 unspecified atom stereocenters. The average Bonchev–Trinajstić information content (AvgIpc) is 2.49. The van der Waals surface area contributed by atoms with E-state index in [0.717, 1.165) is 34.0 Å². The van der Waals surface area contributed by atoms with Crippen LogP contribution < -0.4 is 15.4 Å². The second-order valence-corrected chi connectivity index (χ2v) is 8.04. The van der Waals surface area contributed by atoms with Crippen LogP contribution in [0.15, 0.2) is 36.4 Å². The monoisotopic (exact) mass is 374 g/mol. The van der Waals surface area contributed by atoms with E-state index in [-0.39, 0.29) is 11.6 Å². The van der Waals surface area contributed by atoms with Gasteiger partial charge in [0.2, 0.25) is 0 Å². The smallest absolute Gasteiger partial charge is 0.171 e. The van der Waals surface area contributed by atoms with Crippen LogP contribution >= 0.6 is 23.8 Å². The number of ether oxygens (including phenoxy) is 1. The van der Waals surface area contributed by atoms with Gasteiger partial charge in [-0.15, -0.1) is 0 Å². The number of hydrogen-bond donors (Lipinski definition) is 2. The molecule has 3 nitrogen and oxygen atoms in total. The standard InChI is InChI=1S/C20H23ClN2OS/c1-12-5-8-15-17(11-20(3,4)24-18(15)9-12)23-19(25)22-14-7-6-13(2)16(21)10-14/h5-10,17H,11H2,1-4H3,(H2,22,23,25)/t17-/m1/s1. The molecule has 25 heavy (non-hydrogen) atoms. The van der Waals surface area contributed by atoms with Gasteiger partial charge in [-0.1, -0.05) is 29.8 Å². The van der Waals surface area contributed by atoms with Gasteiger partial charge in [-0.05, 0) is 69.2 Å². The Morgan fingerprint density at radius 3 is 2.68 bits per heavy atom. The van der Waals surface area contributed by atoms with E-state index in [0.29, 0.717) is 5.11 Å². The third-order valence-corrected chi connectivity index (χ3v) is 4.99. The Labute approximate surface area is 159 Å². The van der Waals surface area contributed by atoms with Crippen molar-refractivity contribution in [3.63, 3.8) is 0 Å². The molecule has 1 aliphatic rings. The maximum absolute atomic E-state index is 6.19. The van der Waals surface area contributed by atoms with E-state index < -0.39 is 0 Å². The molecule has 5 heteroatoms. The van der Waals surface area contributed by atoms with Gasteiger partial charge in [0.1, 0.15) is 11.4 Å². The van der Waals surface area contributed by atoms with Crippen LogP contribution in [0, 0.1) is 13.8 Å². The summed E-state index contributed by atoms with van der Waals surface area (Å²) in [6.07, 6.45) is 0.833. The fourth-order valence-corrected chi connectivity index (χ4v) is 3.52. The zero-order valence-corrected chi connectivity index (χ0v) is 16.5. The Morgan fingerprint density at radius 1 is 1.20 bits per heavy atom. The molecule has 0 saturated carbocycles. The van der Waals surface area contributed by atoms with Crippen molar-refractivity contribution in [3.8, 4) is 5.75 Å². The first kappa shape index (κ1) is 18.0. The van der Waals surface area contributed by atoms with E-state index >= 15 is 0 Å². The van der Waals surface area contributed by atoms with E-state index in [4.69, 9.17) is 28.6 Å². The molecular weight excluding hydrogens is 352 g/mol. The van der Waals surface area contributed by atoms with E-state index in [9.17, 15) is 0 Å². The van der Waals surface area contributed by atoms with Crippen molar-refractivity contribution in [2.75, 3.05) is 5.32 Å². The summed E-state index contributed by atoms with van der Waals surface area (Å²) >= 11 is 11.7. The number of halogens is 1. The topological polar surface area (TPSA) is 33.3 Å². The van der Waals surface area contributed by atoms with Crippen LogP contribution in [0.1, 0.15) is 43.0 Å². The largest absolute Gasteiger partial charge is 0.487 e. The molecule has 0 aliphatic carbocycles. The van der Waals surface area contributed by atoms with Crippen molar-refractivity contribution in [2.45, 2.75) is 45.8 Å². The fraction of sp³-hybridized carbons (Fsp3) is 0.350. The number of aryl methyl sites for hydroxylation is 2. The molecule has 0 radical (unpaired) electrons. The maximum atomic E-state index is 6.19. The summed E-state index contributed by atoms with van der Waals surface area (Å²) in [4.78, 5) is 0. The Balaban J connectivity index is 1.77. The van der Waals surface area contributed by atoms with Crippen LogP contribution in [0.4, 0.5) is 5.69 Å². The predicted octanol–water partition coefficient (Wildman–Crippen LogP) is 5.55. The summed E-state index contributed by atoms with van der Waals surface area (Å²) in [6.45, 7) is 8.25. The van der Waals surface area contributed by atoms with Crippen LogP contribution in [0.5, 0.6) is 5.75 Å². The zero-order chi connectivity index (χ0) is 18.2. The molecule has 2 aromatic rings. The van der Waals surface area contributed by atoms with Gasteiger partial charge in [0.05, 0.1) is 6.04 Å². The minimum absolute atomic E-state index is 0.0975. The van der Waals surface area contributed by atoms with E-state index in [2.05, 4.69) is 49.6 Å². The Hall–Kier alpha value is -1.78. The van der Waals surface area contributed by atoms with Crippen molar-refractivity contribution >= 4 is 34.6 Å². The van der Waals surface area contributed by atoms with Crippen molar-refractivity contribution in [1.82, 2.24) is 5.32 Å². The minimum atomic E-state index is -0.249. The second kappa shape index (κ2) is 6.85. The fourth-order valence-electron chi connectivity index (χ4n) is 3.08. The predicted molar refractivity (Wildman–Crippen MR) is 109 cm³/mol. The lowest BCUT2D eigenvalue weighted by atomic mass is 9.89. The molecule has 1 aliphatic heterocycles. The van der Waals surface area contributed by atoms with Gasteiger partial charge in [-0.2, -0.15) is 0 Å². The highest BCUT2D eigenvalue weighted by molar-refractivity contribution is 7.80. The highest BCUT2D eigenvalue weighted by Gasteiger charge is 2.34. The number of fused-ring (bicyclic) bond motifs is 1. The summed E-state index contributed by atoms with van der Waals surface area (Å²) in [5.41, 5.74) is 3.99. The quantitative estimate of drug-likeness (QED) is 0.675.